The molecule has 4 aromatic carbocycles. The molecule has 42 heavy (non-hydrogen) atoms. The molecule has 0 saturated heterocycles. The van der Waals surface area contributed by atoms with Crippen molar-refractivity contribution in [1.82, 2.24) is 5.32 Å². The zero-order valence-corrected chi connectivity index (χ0v) is 25.2. The van der Waals surface area contributed by atoms with Gasteiger partial charge in [-0.05, 0) is 72.8 Å². The molecule has 0 bridgehead atoms. The van der Waals surface area contributed by atoms with E-state index in [1.165, 1.54) is 24.9 Å². The van der Waals surface area contributed by atoms with Gasteiger partial charge in [0.2, 0.25) is 5.91 Å². The third-order valence-electron chi connectivity index (χ3n) is 5.73. The molecule has 0 atom stereocenters. The van der Waals surface area contributed by atoms with E-state index in [-0.39, 0.29) is 17.4 Å². The molecule has 0 fully saturated rings. The second kappa shape index (κ2) is 14.8. The van der Waals surface area contributed by atoms with E-state index in [9.17, 15) is 14.4 Å². The molecule has 7 nitrogen and oxygen atoms in total. The van der Waals surface area contributed by atoms with Crippen LogP contribution in [0.3, 0.4) is 0 Å². The van der Waals surface area contributed by atoms with Crippen LogP contribution in [0.15, 0.2) is 102 Å². The van der Waals surface area contributed by atoms with Crippen molar-refractivity contribution in [2.75, 3.05) is 23.5 Å². The van der Waals surface area contributed by atoms with Gasteiger partial charge in [-0.3, -0.25) is 14.4 Å². The number of benzene rings is 4. The smallest absolute Gasteiger partial charge is 0.272 e. The van der Waals surface area contributed by atoms with E-state index in [2.05, 4.69) is 16.0 Å². The fourth-order valence-corrected chi connectivity index (χ4v) is 5.06. The first kappa shape index (κ1) is 31.0. The van der Waals surface area contributed by atoms with E-state index >= 15 is 0 Å². The number of nitrogens with one attached hydrogen (secondary N) is 3. The summed E-state index contributed by atoms with van der Waals surface area (Å²) in [7, 11) is 1.51. The van der Waals surface area contributed by atoms with Gasteiger partial charge >= 0.3 is 0 Å². The van der Waals surface area contributed by atoms with Crippen LogP contribution in [0.25, 0.3) is 6.08 Å². The van der Waals surface area contributed by atoms with Crippen molar-refractivity contribution < 1.29 is 19.1 Å². The fourth-order valence-electron chi connectivity index (χ4n) is 3.68. The van der Waals surface area contributed by atoms with Crippen LogP contribution in [0.5, 0.6) is 5.75 Å². The van der Waals surface area contributed by atoms with Crippen LogP contribution >= 0.6 is 46.6 Å². The van der Waals surface area contributed by atoms with Crippen LogP contribution in [0, 0.1) is 0 Å². The summed E-state index contributed by atoms with van der Waals surface area (Å²) in [5, 5.41) is 9.35. The molecular formula is C31H24Cl3N3O4S. The molecule has 0 heterocycles. The van der Waals surface area contributed by atoms with Gasteiger partial charge in [-0.1, -0.05) is 59.1 Å². The van der Waals surface area contributed by atoms with Gasteiger partial charge in [-0.25, -0.2) is 0 Å². The number of hydrogen-bond donors (Lipinski definition) is 3. The van der Waals surface area contributed by atoms with E-state index in [1.807, 2.05) is 0 Å². The van der Waals surface area contributed by atoms with Crippen LogP contribution in [-0.2, 0) is 9.59 Å². The number of ether oxygens (including phenoxy) is 1. The number of hydrogen-bond acceptors (Lipinski definition) is 5. The minimum atomic E-state index is -0.578. The first-order chi connectivity index (χ1) is 20.2. The number of amides is 3. The highest BCUT2D eigenvalue weighted by Crippen LogP contribution is 2.29. The number of thioether (sulfide) groups is 1. The van der Waals surface area contributed by atoms with Crippen molar-refractivity contribution in [3.05, 3.63) is 123 Å². The Morgan fingerprint density at radius 2 is 1.52 bits per heavy atom. The Bertz CT molecular complexity index is 1610. The highest BCUT2D eigenvalue weighted by Gasteiger charge is 2.17. The van der Waals surface area contributed by atoms with Crippen molar-refractivity contribution in [2.24, 2.45) is 0 Å². The van der Waals surface area contributed by atoms with Crippen LogP contribution in [-0.4, -0.2) is 30.6 Å². The van der Waals surface area contributed by atoms with Crippen molar-refractivity contribution in [3.8, 4) is 5.75 Å². The molecule has 0 aromatic heterocycles. The van der Waals surface area contributed by atoms with E-state index in [0.29, 0.717) is 43.3 Å². The van der Waals surface area contributed by atoms with Crippen LogP contribution in [0.4, 0.5) is 11.4 Å². The maximum atomic E-state index is 13.3. The van der Waals surface area contributed by atoms with Gasteiger partial charge in [0.05, 0.1) is 18.6 Å². The van der Waals surface area contributed by atoms with Gasteiger partial charge < -0.3 is 20.7 Å². The molecule has 214 valence electrons. The molecule has 0 aliphatic rings. The summed E-state index contributed by atoms with van der Waals surface area (Å²) < 4.78 is 5.26. The Balaban J connectivity index is 1.43. The summed E-state index contributed by atoms with van der Waals surface area (Å²) in [6, 6.07) is 25.3. The van der Waals surface area contributed by atoms with Gasteiger partial charge in [0.15, 0.2) is 0 Å². The lowest BCUT2D eigenvalue weighted by Crippen LogP contribution is -2.30. The first-order valence-electron chi connectivity index (χ1n) is 12.4. The van der Waals surface area contributed by atoms with Crippen molar-refractivity contribution in [2.45, 2.75) is 4.90 Å². The monoisotopic (exact) mass is 639 g/mol. The van der Waals surface area contributed by atoms with Crippen molar-refractivity contribution in [3.63, 3.8) is 0 Å². The number of methoxy groups -OCH3 is 1. The van der Waals surface area contributed by atoms with Gasteiger partial charge in [-0.2, -0.15) is 0 Å². The largest absolute Gasteiger partial charge is 0.495 e. The summed E-state index contributed by atoms with van der Waals surface area (Å²) in [6.07, 6.45) is 1.43. The van der Waals surface area contributed by atoms with Crippen molar-refractivity contribution in [1.29, 1.82) is 0 Å². The Morgan fingerprint density at radius 1 is 0.833 bits per heavy atom. The second-order valence-electron chi connectivity index (χ2n) is 8.67. The summed E-state index contributed by atoms with van der Waals surface area (Å²) in [5.74, 6) is -0.646. The lowest BCUT2D eigenvalue weighted by Gasteiger charge is -2.13. The quantitative estimate of drug-likeness (QED) is 0.121. The molecule has 11 heteroatoms. The van der Waals surface area contributed by atoms with Crippen LogP contribution < -0.4 is 20.7 Å². The lowest BCUT2D eigenvalue weighted by molar-refractivity contribution is -0.114. The summed E-state index contributed by atoms with van der Waals surface area (Å²) >= 11 is 20.0. The Kier molecular flexibility index (Phi) is 10.9. The van der Waals surface area contributed by atoms with E-state index in [0.717, 1.165) is 4.90 Å². The number of carbonyl (C=O) groups is 3. The molecule has 0 aliphatic carbocycles. The van der Waals surface area contributed by atoms with E-state index < -0.39 is 11.8 Å². The minimum absolute atomic E-state index is 0.0505. The van der Waals surface area contributed by atoms with E-state index in [1.54, 1.807) is 91.0 Å². The van der Waals surface area contributed by atoms with Gasteiger partial charge in [0, 0.05) is 36.8 Å². The Labute approximate surface area is 262 Å². The predicted molar refractivity (Wildman–Crippen MR) is 171 cm³/mol. The van der Waals surface area contributed by atoms with Crippen LogP contribution in [0.1, 0.15) is 15.9 Å². The lowest BCUT2D eigenvalue weighted by atomic mass is 10.1. The number of carbonyl (C=O) groups excluding carboxylic acids is 3. The summed E-state index contributed by atoms with van der Waals surface area (Å²) in [5.41, 5.74) is 1.67. The van der Waals surface area contributed by atoms with Crippen molar-refractivity contribution >= 4 is 81.7 Å². The zero-order valence-electron chi connectivity index (χ0n) is 22.1. The molecule has 4 rings (SSSR count). The maximum Gasteiger partial charge on any atom is 0.272 e. The number of rotatable bonds is 10. The molecule has 4 aromatic rings. The summed E-state index contributed by atoms with van der Waals surface area (Å²) in [4.78, 5) is 39.5. The van der Waals surface area contributed by atoms with Gasteiger partial charge in [0.25, 0.3) is 11.8 Å². The maximum absolute atomic E-state index is 13.3. The SMILES string of the molecule is COc1ccc(Cl)cc1NC(=O)CSc1ccc(NC(=O)/C(=C/c2c(Cl)cccc2Cl)NC(=O)c2ccccc2)cc1. The Hall–Kier alpha value is -3.95. The second-order valence-corrected chi connectivity index (χ2v) is 11.0. The van der Waals surface area contributed by atoms with Gasteiger partial charge in [0.1, 0.15) is 11.4 Å². The third-order valence-corrected chi connectivity index (χ3v) is 7.64. The molecule has 0 unspecified atom stereocenters. The molecule has 0 radical (unpaired) electrons. The fraction of sp³-hybridized carbons (Fsp3) is 0.0645. The average molecular weight is 641 g/mol. The zero-order chi connectivity index (χ0) is 30.1. The first-order valence-corrected chi connectivity index (χ1v) is 14.5. The summed E-state index contributed by atoms with van der Waals surface area (Å²) in [6.45, 7) is 0. The molecule has 0 saturated carbocycles. The third kappa shape index (κ3) is 8.53. The minimum Gasteiger partial charge on any atom is -0.495 e. The molecular weight excluding hydrogens is 617 g/mol. The number of halogens is 3. The average Bonchev–Trinajstić information content (AvgIpc) is 2.98. The normalized spacial score (nSPS) is 11.0. The molecule has 0 spiro atoms. The predicted octanol–water partition coefficient (Wildman–Crippen LogP) is 7.80. The van der Waals surface area contributed by atoms with Crippen LogP contribution in [0.2, 0.25) is 15.1 Å². The molecule has 3 amide bonds. The standard InChI is InChI=1S/C31H24Cl3N3O4S/c1-41-28-15-10-20(32)16-26(28)36-29(38)18-42-22-13-11-21(12-14-22)35-31(40)27(17-23-24(33)8-5-9-25(23)34)37-30(39)19-6-3-2-4-7-19/h2-17H,18H2,1H3,(H,35,40)(H,36,38)(H,37,39)/b27-17-. The Morgan fingerprint density at radius 3 is 2.19 bits per heavy atom. The molecule has 3 N–H and O–H groups in total. The van der Waals surface area contributed by atoms with Gasteiger partial charge in [-0.15, -0.1) is 11.8 Å². The number of anilines is 2. The highest BCUT2D eigenvalue weighted by atomic mass is 35.5. The van der Waals surface area contributed by atoms with E-state index in [4.69, 9.17) is 39.5 Å². The topological polar surface area (TPSA) is 96.5 Å². The highest BCUT2D eigenvalue weighted by molar-refractivity contribution is 8.00. The molecule has 0 aliphatic heterocycles.